The molecule has 4 aliphatic carbocycles. The summed E-state index contributed by atoms with van der Waals surface area (Å²) in [6, 6.07) is 2.98. The number of nitrogens with zero attached hydrogens (tertiary/aromatic N) is 4. The Morgan fingerprint density at radius 1 is 1.24 bits per heavy atom. The summed E-state index contributed by atoms with van der Waals surface area (Å²) in [5, 5.41) is 12.8. The number of halogens is 5. The Hall–Kier alpha value is -3.13. The van der Waals surface area contributed by atoms with Crippen LogP contribution in [0.4, 0.5) is 34.1 Å². The maximum atomic E-state index is 15.2. The van der Waals surface area contributed by atoms with E-state index in [-0.39, 0.29) is 33.8 Å². The molecule has 3 aromatic heterocycles. The van der Waals surface area contributed by atoms with E-state index >= 15 is 4.39 Å². The van der Waals surface area contributed by atoms with Crippen LogP contribution in [-0.4, -0.2) is 54.8 Å². The highest BCUT2D eigenvalue weighted by molar-refractivity contribution is 6.29. The number of anilines is 2. The van der Waals surface area contributed by atoms with Crippen LogP contribution in [0.1, 0.15) is 49.4 Å². The predicted molar refractivity (Wildman–Crippen MR) is 121 cm³/mol. The van der Waals surface area contributed by atoms with Crippen molar-refractivity contribution in [3.63, 3.8) is 0 Å². The molecule has 0 aliphatic heterocycles. The van der Waals surface area contributed by atoms with Crippen LogP contribution in [0.5, 0.6) is 0 Å². The number of alkyl halides is 4. The molecule has 2 bridgehead atoms. The van der Waals surface area contributed by atoms with Gasteiger partial charge < -0.3 is 15.4 Å². The van der Waals surface area contributed by atoms with Crippen LogP contribution in [0.25, 0.3) is 5.65 Å². The zero-order chi connectivity index (χ0) is 25.9. The van der Waals surface area contributed by atoms with E-state index in [1.165, 1.54) is 16.7 Å². The minimum absolute atomic E-state index is 0.0162. The molecular weight excluding hydrogens is 522 g/mol. The standard InChI is InChI=1S/C22H22ClF4N7O3/c23-15-4-17-28-11(9-36-22(25,26)27)8-34(17)19(29-15)30-16-3-13(32-33-16)12-1-2-14(18(12)24)37-20(35)31-21-5-10(6-21)7-21/h3-4,8,10,12,14,18H,1-2,5-7,9H2,(H,31,35)(H2,29,30,32,33)/t10?,12-,14-,18-,21?/m1/s1. The van der Waals surface area contributed by atoms with Gasteiger partial charge in [-0.25, -0.2) is 19.2 Å². The Balaban J connectivity index is 1.11. The maximum absolute atomic E-state index is 15.2. The smallest absolute Gasteiger partial charge is 0.443 e. The molecule has 1 amide bonds. The molecule has 10 nitrogen and oxygen atoms in total. The second-order valence-electron chi connectivity index (χ2n) is 9.89. The number of rotatable bonds is 7. The molecule has 15 heteroatoms. The normalized spacial score (nSPS) is 28.6. The molecule has 37 heavy (non-hydrogen) atoms. The van der Waals surface area contributed by atoms with E-state index in [9.17, 15) is 18.0 Å². The molecule has 3 atom stereocenters. The molecule has 0 aromatic carbocycles. The zero-order valence-electron chi connectivity index (χ0n) is 19.2. The Labute approximate surface area is 212 Å². The van der Waals surface area contributed by atoms with Gasteiger partial charge in [-0.1, -0.05) is 11.6 Å². The van der Waals surface area contributed by atoms with Crippen molar-refractivity contribution in [2.24, 2.45) is 5.92 Å². The van der Waals surface area contributed by atoms with Crippen molar-refractivity contribution in [2.75, 3.05) is 5.32 Å². The molecule has 0 spiro atoms. The first-order valence-electron chi connectivity index (χ1n) is 11.8. The molecule has 3 aromatic rings. The lowest BCUT2D eigenvalue weighted by Gasteiger charge is -2.61. The van der Waals surface area contributed by atoms with Crippen molar-refractivity contribution in [3.05, 3.63) is 34.9 Å². The van der Waals surface area contributed by atoms with Gasteiger partial charge in [-0.05, 0) is 38.0 Å². The SMILES string of the molecule is O=C(NC12CC(C1)C2)O[C@@H]1CC[C@H](c2cc(Nc3nc(Cl)cc4nc(COC(F)(F)F)cn34)n[nH]2)[C@H]1F. The molecule has 0 unspecified atom stereocenters. The molecule has 4 aliphatic rings. The van der Waals surface area contributed by atoms with E-state index in [0.717, 1.165) is 19.3 Å². The van der Waals surface area contributed by atoms with Gasteiger partial charge in [-0.3, -0.25) is 14.2 Å². The maximum Gasteiger partial charge on any atom is 0.522 e. The largest absolute Gasteiger partial charge is 0.522 e. The number of aromatic nitrogens is 5. The van der Waals surface area contributed by atoms with Crippen molar-refractivity contribution >= 4 is 35.1 Å². The van der Waals surface area contributed by atoms with Crippen LogP contribution in [0.2, 0.25) is 5.15 Å². The highest BCUT2D eigenvalue weighted by Gasteiger charge is 2.58. The highest BCUT2D eigenvalue weighted by atomic mass is 35.5. The molecular formula is C22H22ClF4N7O3. The number of aromatic amines is 1. The van der Waals surface area contributed by atoms with Crippen LogP contribution >= 0.6 is 11.6 Å². The van der Waals surface area contributed by atoms with E-state index in [2.05, 4.69) is 35.5 Å². The molecule has 198 valence electrons. The van der Waals surface area contributed by atoms with Crippen LogP contribution in [-0.2, 0) is 16.1 Å². The zero-order valence-corrected chi connectivity index (χ0v) is 19.9. The number of H-pyrrole nitrogens is 1. The third-order valence-electron chi connectivity index (χ3n) is 7.26. The lowest BCUT2D eigenvalue weighted by molar-refractivity contribution is -0.330. The van der Waals surface area contributed by atoms with Gasteiger partial charge in [-0.2, -0.15) is 5.10 Å². The number of nitrogens with one attached hydrogen (secondary N) is 3. The van der Waals surface area contributed by atoms with Gasteiger partial charge in [0.25, 0.3) is 0 Å². The van der Waals surface area contributed by atoms with E-state index in [0.29, 0.717) is 24.5 Å². The highest BCUT2D eigenvalue weighted by Crippen LogP contribution is 2.57. The Morgan fingerprint density at radius 2 is 2.03 bits per heavy atom. The molecule has 0 saturated heterocycles. The number of hydrogen-bond donors (Lipinski definition) is 3. The Morgan fingerprint density at radius 3 is 2.73 bits per heavy atom. The molecule has 7 rings (SSSR count). The summed E-state index contributed by atoms with van der Waals surface area (Å²) in [5.41, 5.74) is 0.624. The topological polar surface area (TPSA) is 118 Å². The summed E-state index contributed by atoms with van der Waals surface area (Å²) < 4.78 is 63.0. The minimum atomic E-state index is -4.79. The van der Waals surface area contributed by atoms with Crippen molar-refractivity contribution in [1.82, 2.24) is 29.9 Å². The van der Waals surface area contributed by atoms with Crippen LogP contribution in [0.3, 0.4) is 0 Å². The number of ether oxygens (including phenoxy) is 2. The lowest BCUT2D eigenvalue weighted by Crippen LogP contribution is -2.68. The number of alkyl carbamates (subject to hydrolysis) is 1. The van der Waals surface area contributed by atoms with Crippen molar-refractivity contribution in [2.45, 2.75) is 68.8 Å². The summed E-state index contributed by atoms with van der Waals surface area (Å²) in [6.07, 6.45) is -2.57. The number of amides is 1. The number of carbonyl (C=O) groups is 1. The fraction of sp³-hybridized carbons (Fsp3) is 0.545. The molecule has 3 heterocycles. The summed E-state index contributed by atoms with van der Waals surface area (Å²) in [7, 11) is 0. The second kappa shape index (κ2) is 8.72. The Kier molecular flexibility index (Phi) is 5.71. The van der Waals surface area contributed by atoms with Crippen molar-refractivity contribution < 1.29 is 31.8 Å². The lowest BCUT2D eigenvalue weighted by atomic mass is 9.50. The van der Waals surface area contributed by atoms with Crippen molar-refractivity contribution in [1.29, 1.82) is 0 Å². The monoisotopic (exact) mass is 543 g/mol. The summed E-state index contributed by atoms with van der Waals surface area (Å²) in [4.78, 5) is 20.5. The second-order valence-corrected chi connectivity index (χ2v) is 10.3. The third kappa shape index (κ3) is 4.79. The minimum Gasteiger partial charge on any atom is -0.443 e. The summed E-state index contributed by atoms with van der Waals surface area (Å²) in [6.45, 7) is -0.781. The van der Waals surface area contributed by atoms with Crippen molar-refractivity contribution in [3.8, 4) is 0 Å². The summed E-state index contributed by atoms with van der Waals surface area (Å²) in [5.74, 6) is 0.569. The molecule has 0 radical (unpaired) electrons. The number of hydrogen-bond acceptors (Lipinski definition) is 7. The average Bonchev–Trinajstić information content (AvgIpc) is 3.47. The number of carbonyl (C=O) groups excluding carboxylic acids is 1. The van der Waals surface area contributed by atoms with Crippen LogP contribution in [0.15, 0.2) is 18.3 Å². The van der Waals surface area contributed by atoms with E-state index in [1.807, 2.05) is 0 Å². The first-order chi connectivity index (χ1) is 17.6. The number of imidazole rings is 1. The van der Waals surface area contributed by atoms with Gasteiger partial charge in [-0.15, -0.1) is 13.2 Å². The molecule has 4 saturated carbocycles. The van der Waals surface area contributed by atoms with Crippen LogP contribution < -0.4 is 10.6 Å². The quantitative estimate of drug-likeness (QED) is 0.291. The molecule has 3 N–H and O–H groups in total. The van der Waals surface area contributed by atoms with Gasteiger partial charge in [0.1, 0.15) is 23.1 Å². The fourth-order valence-corrected chi connectivity index (χ4v) is 5.59. The van der Waals surface area contributed by atoms with Gasteiger partial charge in [0, 0.05) is 35.5 Å². The Bertz CT molecular complexity index is 1330. The van der Waals surface area contributed by atoms with Gasteiger partial charge in [0.2, 0.25) is 5.95 Å². The van der Waals surface area contributed by atoms with Gasteiger partial charge in [0.05, 0.1) is 12.3 Å². The molecule has 4 fully saturated rings. The van der Waals surface area contributed by atoms with Gasteiger partial charge >= 0.3 is 12.5 Å². The number of fused-ring (bicyclic) bond motifs is 1. The van der Waals surface area contributed by atoms with Gasteiger partial charge in [0.15, 0.2) is 5.82 Å². The first-order valence-corrected chi connectivity index (χ1v) is 12.1. The summed E-state index contributed by atoms with van der Waals surface area (Å²) >= 11 is 6.05. The average molecular weight is 544 g/mol. The van der Waals surface area contributed by atoms with E-state index in [4.69, 9.17) is 16.3 Å². The fourth-order valence-electron chi connectivity index (χ4n) is 5.42. The predicted octanol–water partition coefficient (Wildman–Crippen LogP) is 4.75. The van der Waals surface area contributed by atoms with Crippen LogP contribution in [0, 0.1) is 5.92 Å². The van der Waals surface area contributed by atoms with E-state index < -0.39 is 37.3 Å². The first kappa shape index (κ1) is 24.2. The third-order valence-corrected chi connectivity index (χ3v) is 7.45. The van der Waals surface area contributed by atoms with E-state index in [1.54, 1.807) is 6.07 Å².